The highest BCUT2D eigenvalue weighted by Crippen LogP contribution is 2.22. The van der Waals surface area contributed by atoms with Gasteiger partial charge in [-0.25, -0.2) is 4.21 Å². The molecule has 94 valence electrons. The van der Waals surface area contributed by atoms with Crippen LogP contribution in [-0.2, 0) is 11.1 Å². The molecule has 3 aromatic rings. The number of fused-ring (bicyclic) bond motifs is 1. The van der Waals surface area contributed by atoms with Gasteiger partial charge in [0.2, 0.25) is 11.1 Å². The normalized spacial score (nSPS) is 12.2. The van der Waals surface area contributed by atoms with Crippen LogP contribution in [0, 0.1) is 0 Å². The lowest BCUT2D eigenvalue weighted by molar-refractivity contribution is 0.562. The largest absolute Gasteiger partial charge is 0.397 e. The molecule has 1 unspecified atom stereocenters. The highest BCUT2D eigenvalue weighted by Gasteiger charge is 2.06. The Morgan fingerprint density at radius 2 is 1.42 bits per heavy atom. The van der Waals surface area contributed by atoms with E-state index in [0.717, 1.165) is 10.8 Å². The van der Waals surface area contributed by atoms with Crippen LogP contribution in [0.5, 0.6) is 5.75 Å². The van der Waals surface area contributed by atoms with Crippen LogP contribution in [0.1, 0.15) is 0 Å². The van der Waals surface area contributed by atoms with Gasteiger partial charge >= 0.3 is 0 Å². The second kappa shape index (κ2) is 5.24. The highest BCUT2D eigenvalue weighted by molar-refractivity contribution is 7.80. The minimum atomic E-state index is -1.48. The topological polar surface area (TPSA) is 26.3 Å². The molecule has 0 amide bonds. The van der Waals surface area contributed by atoms with Gasteiger partial charge in [-0.05, 0) is 35.0 Å². The number of hydrogen-bond donors (Lipinski definition) is 0. The Labute approximate surface area is 114 Å². The number of hydrogen-bond acceptors (Lipinski definition) is 2. The van der Waals surface area contributed by atoms with Crippen molar-refractivity contribution in [2.24, 2.45) is 0 Å². The molecule has 3 rings (SSSR count). The third-order valence-corrected chi connectivity index (χ3v) is 3.83. The van der Waals surface area contributed by atoms with Gasteiger partial charge < -0.3 is 4.18 Å². The van der Waals surface area contributed by atoms with Crippen molar-refractivity contribution >= 4 is 21.9 Å². The lowest BCUT2D eigenvalue weighted by Gasteiger charge is -2.06. The third-order valence-electron chi connectivity index (χ3n) is 2.83. The molecule has 0 aliphatic heterocycles. The average molecular weight is 268 g/mol. The summed E-state index contributed by atoms with van der Waals surface area (Å²) in [5.74, 6) is 0.612. The van der Waals surface area contributed by atoms with E-state index in [4.69, 9.17) is 4.18 Å². The quantitative estimate of drug-likeness (QED) is 0.719. The molecule has 3 heteroatoms. The Morgan fingerprint density at radius 3 is 2.21 bits per heavy atom. The molecular weight excluding hydrogens is 256 g/mol. The summed E-state index contributed by atoms with van der Waals surface area (Å²) in [4.78, 5) is 0.663. The summed E-state index contributed by atoms with van der Waals surface area (Å²) in [7, 11) is 0. The smallest absolute Gasteiger partial charge is 0.240 e. The Bertz CT molecular complexity index is 723. The molecule has 0 aliphatic rings. The molecule has 0 N–H and O–H groups in total. The van der Waals surface area contributed by atoms with Crippen molar-refractivity contribution in [2.45, 2.75) is 4.90 Å². The fourth-order valence-electron chi connectivity index (χ4n) is 1.89. The molecule has 2 nitrogen and oxygen atoms in total. The van der Waals surface area contributed by atoms with E-state index < -0.39 is 11.1 Å². The van der Waals surface area contributed by atoms with Gasteiger partial charge in [0.1, 0.15) is 5.75 Å². The first kappa shape index (κ1) is 11.9. The molecule has 3 aromatic carbocycles. The van der Waals surface area contributed by atoms with E-state index >= 15 is 0 Å². The summed E-state index contributed by atoms with van der Waals surface area (Å²) in [5.41, 5.74) is 0. The van der Waals surface area contributed by atoms with Crippen LogP contribution in [0.2, 0.25) is 0 Å². The number of rotatable bonds is 3. The van der Waals surface area contributed by atoms with Gasteiger partial charge in [0.05, 0.1) is 4.90 Å². The zero-order valence-electron chi connectivity index (χ0n) is 10.2. The first-order valence-corrected chi connectivity index (χ1v) is 7.04. The first-order chi connectivity index (χ1) is 9.33. The average Bonchev–Trinajstić information content (AvgIpc) is 2.48. The lowest BCUT2D eigenvalue weighted by Crippen LogP contribution is -2.00. The maximum Gasteiger partial charge on any atom is 0.240 e. The lowest BCUT2D eigenvalue weighted by atomic mass is 10.1. The van der Waals surface area contributed by atoms with Gasteiger partial charge in [-0.3, -0.25) is 0 Å². The van der Waals surface area contributed by atoms with Gasteiger partial charge in [0.25, 0.3) is 0 Å². The SMILES string of the molecule is O=S(Oc1ccc2ccccc2c1)c1ccccc1. The van der Waals surface area contributed by atoms with Crippen molar-refractivity contribution in [3.05, 3.63) is 72.8 Å². The molecular formula is C16H12O2S. The van der Waals surface area contributed by atoms with Gasteiger partial charge in [-0.1, -0.05) is 48.5 Å². The molecule has 1 atom stereocenters. The van der Waals surface area contributed by atoms with Crippen molar-refractivity contribution in [3.8, 4) is 5.75 Å². The summed E-state index contributed by atoms with van der Waals surface area (Å²) in [6.07, 6.45) is 0. The fraction of sp³-hybridized carbons (Fsp3) is 0. The molecule has 0 fully saturated rings. The molecule has 0 saturated heterocycles. The maximum absolute atomic E-state index is 12.0. The highest BCUT2D eigenvalue weighted by atomic mass is 32.2. The molecule has 0 saturated carbocycles. The van der Waals surface area contributed by atoms with E-state index in [1.165, 1.54) is 0 Å². The molecule has 0 radical (unpaired) electrons. The van der Waals surface area contributed by atoms with Crippen molar-refractivity contribution in [1.29, 1.82) is 0 Å². The van der Waals surface area contributed by atoms with E-state index in [-0.39, 0.29) is 0 Å². The fourth-order valence-corrected chi connectivity index (χ4v) is 2.64. The zero-order valence-corrected chi connectivity index (χ0v) is 11.0. The third kappa shape index (κ3) is 2.66. The second-order valence-electron chi connectivity index (χ2n) is 4.14. The van der Waals surface area contributed by atoms with Gasteiger partial charge in [-0.15, -0.1) is 0 Å². The minimum absolute atomic E-state index is 0.612. The molecule has 19 heavy (non-hydrogen) atoms. The van der Waals surface area contributed by atoms with Crippen LogP contribution >= 0.6 is 0 Å². The Hall–Kier alpha value is -2.13. The van der Waals surface area contributed by atoms with Crippen LogP contribution in [0.25, 0.3) is 10.8 Å². The van der Waals surface area contributed by atoms with Crippen LogP contribution in [0.4, 0.5) is 0 Å². The van der Waals surface area contributed by atoms with E-state index in [1.807, 2.05) is 60.7 Å². The van der Waals surface area contributed by atoms with Crippen LogP contribution in [0.15, 0.2) is 77.7 Å². The number of benzene rings is 3. The van der Waals surface area contributed by atoms with Gasteiger partial charge in [0, 0.05) is 0 Å². The van der Waals surface area contributed by atoms with Crippen molar-refractivity contribution in [3.63, 3.8) is 0 Å². The molecule has 0 aliphatic carbocycles. The van der Waals surface area contributed by atoms with E-state index in [1.54, 1.807) is 12.1 Å². The minimum Gasteiger partial charge on any atom is -0.397 e. The summed E-state index contributed by atoms with van der Waals surface area (Å²) >= 11 is -1.48. The Morgan fingerprint density at radius 1 is 0.737 bits per heavy atom. The van der Waals surface area contributed by atoms with Gasteiger partial charge in [-0.2, -0.15) is 0 Å². The Balaban J connectivity index is 1.87. The van der Waals surface area contributed by atoms with Crippen LogP contribution in [-0.4, -0.2) is 4.21 Å². The zero-order chi connectivity index (χ0) is 13.1. The summed E-state index contributed by atoms with van der Waals surface area (Å²) in [6.45, 7) is 0. The first-order valence-electron chi connectivity index (χ1n) is 5.97. The standard InChI is InChI=1S/C16H12O2S/c17-19(16-8-2-1-3-9-16)18-15-11-10-13-6-4-5-7-14(13)12-15/h1-12H. The molecule has 0 spiro atoms. The van der Waals surface area contributed by atoms with Crippen molar-refractivity contribution < 1.29 is 8.39 Å². The molecule has 0 heterocycles. The maximum atomic E-state index is 12.0. The van der Waals surface area contributed by atoms with Crippen molar-refractivity contribution in [2.75, 3.05) is 0 Å². The Kier molecular flexibility index (Phi) is 3.29. The van der Waals surface area contributed by atoms with Crippen LogP contribution < -0.4 is 4.18 Å². The van der Waals surface area contributed by atoms with E-state index in [0.29, 0.717) is 10.6 Å². The summed E-state index contributed by atoms with van der Waals surface area (Å²) in [5, 5.41) is 2.21. The van der Waals surface area contributed by atoms with E-state index in [2.05, 4.69) is 0 Å². The molecule has 0 aromatic heterocycles. The predicted molar refractivity (Wildman–Crippen MR) is 77.4 cm³/mol. The summed E-state index contributed by atoms with van der Waals surface area (Å²) < 4.78 is 17.5. The van der Waals surface area contributed by atoms with Crippen molar-refractivity contribution in [1.82, 2.24) is 0 Å². The monoisotopic (exact) mass is 268 g/mol. The van der Waals surface area contributed by atoms with E-state index in [9.17, 15) is 4.21 Å². The van der Waals surface area contributed by atoms with Crippen LogP contribution in [0.3, 0.4) is 0 Å². The van der Waals surface area contributed by atoms with Gasteiger partial charge in [0.15, 0.2) is 0 Å². The second-order valence-corrected chi connectivity index (χ2v) is 5.25. The summed E-state index contributed by atoms with van der Waals surface area (Å²) in [6, 6.07) is 22.9. The predicted octanol–water partition coefficient (Wildman–Crippen LogP) is 3.94. The molecule has 0 bridgehead atoms.